The molecule has 0 spiro atoms. The molecule has 1 fully saturated rings. The van der Waals surface area contributed by atoms with Crippen LogP contribution in [0.25, 0.3) is 0 Å². The van der Waals surface area contributed by atoms with Crippen LogP contribution in [-0.2, 0) is 4.74 Å². The highest BCUT2D eigenvalue weighted by atomic mass is 16.5. The molecule has 0 radical (unpaired) electrons. The average molecular weight is 224 g/mol. The fraction of sp³-hybridized carbons (Fsp3) is 0.636. The molecule has 3 atom stereocenters. The van der Waals surface area contributed by atoms with E-state index in [2.05, 4.69) is 11.9 Å². The summed E-state index contributed by atoms with van der Waals surface area (Å²) in [7, 11) is 0. The number of hydrogen-bond donors (Lipinski definition) is 1. The standard InChI is InChI=1S/C11H16N2O3/c1-6-4-9(16-8(6)3)13-5-7(2)10(14)12-11(13)15/h5-6,8-9H,4H2,1-3H3,(H,12,14,15)/t6-,8?,9?/m1/s1. The Balaban J connectivity index is 2.39. The molecule has 1 aromatic rings. The number of rotatable bonds is 1. The van der Waals surface area contributed by atoms with Gasteiger partial charge in [0.15, 0.2) is 0 Å². The predicted molar refractivity (Wildman–Crippen MR) is 59.4 cm³/mol. The summed E-state index contributed by atoms with van der Waals surface area (Å²) in [6.45, 7) is 5.76. The first-order valence-electron chi connectivity index (χ1n) is 5.46. The van der Waals surface area contributed by atoms with Crippen molar-refractivity contribution in [2.24, 2.45) is 5.92 Å². The summed E-state index contributed by atoms with van der Waals surface area (Å²) in [5.41, 5.74) is -0.211. The van der Waals surface area contributed by atoms with Gasteiger partial charge in [0.2, 0.25) is 0 Å². The van der Waals surface area contributed by atoms with Gasteiger partial charge in [0.05, 0.1) is 6.10 Å². The first-order valence-corrected chi connectivity index (χ1v) is 5.46. The van der Waals surface area contributed by atoms with Gasteiger partial charge < -0.3 is 4.74 Å². The number of nitrogens with one attached hydrogen (secondary N) is 1. The molecule has 88 valence electrons. The fourth-order valence-corrected chi connectivity index (χ4v) is 1.93. The zero-order valence-electron chi connectivity index (χ0n) is 9.69. The van der Waals surface area contributed by atoms with Gasteiger partial charge in [-0.1, -0.05) is 6.92 Å². The van der Waals surface area contributed by atoms with Crippen LogP contribution in [-0.4, -0.2) is 15.7 Å². The van der Waals surface area contributed by atoms with E-state index in [0.29, 0.717) is 11.5 Å². The van der Waals surface area contributed by atoms with Crippen molar-refractivity contribution < 1.29 is 4.74 Å². The second-order valence-electron chi connectivity index (χ2n) is 4.49. The highest BCUT2D eigenvalue weighted by Crippen LogP contribution is 2.31. The van der Waals surface area contributed by atoms with Crippen molar-refractivity contribution in [3.05, 3.63) is 32.6 Å². The molecular weight excluding hydrogens is 208 g/mol. The first-order chi connectivity index (χ1) is 7.49. The molecule has 0 amide bonds. The second kappa shape index (κ2) is 3.90. The number of ether oxygens (including phenoxy) is 1. The van der Waals surface area contributed by atoms with Gasteiger partial charge in [-0.3, -0.25) is 14.3 Å². The zero-order chi connectivity index (χ0) is 11.9. The number of nitrogens with zero attached hydrogens (tertiary/aromatic N) is 1. The molecule has 16 heavy (non-hydrogen) atoms. The Morgan fingerprint density at radius 2 is 2.12 bits per heavy atom. The van der Waals surface area contributed by atoms with Gasteiger partial charge in [0.25, 0.3) is 5.56 Å². The maximum atomic E-state index is 11.6. The van der Waals surface area contributed by atoms with E-state index < -0.39 is 5.69 Å². The molecule has 0 aliphatic carbocycles. The van der Waals surface area contributed by atoms with E-state index in [0.717, 1.165) is 6.42 Å². The summed E-state index contributed by atoms with van der Waals surface area (Å²) in [5, 5.41) is 0. The summed E-state index contributed by atoms with van der Waals surface area (Å²) in [5.74, 6) is 0.420. The minimum Gasteiger partial charge on any atom is -0.355 e. The smallest absolute Gasteiger partial charge is 0.330 e. The summed E-state index contributed by atoms with van der Waals surface area (Å²) < 4.78 is 7.15. The van der Waals surface area contributed by atoms with Gasteiger partial charge in [0.1, 0.15) is 6.23 Å². The summed E-state index contributed by atoms with van der Waals surface area (Å²) >= 11 is 0. The van der Waals surface area contributed by atoms with Crippen molar-refractivity contribution in [3.63, 3.8) is 0 Å². The van der Waals surface area contributed by atoms with E-state index in [4.69, 9.17) is 4.74 Å². The SMILES string of the molecule is Cc1cn(C2C[C@@H](C)C(C)O2)c(=O)[nH]c1=O. The number of aromatic amines is 1. The third-order valence-electron chi connectivity index (χ3n) is 3.20. The lowest BCUT2D eigenvalue weighted by atomic mass is 10.1. The highest BCUT2D eigenvalue weighted by molar-refractivity contribution is 5.01. The molecule has 0 saturated carbocycles. The molecule has 2 unspecified atom stereocenters. The Kier molecular flexibility index (Phi) is 2.71. The molecule has 1 saturated heterocycles. The van der Waals surface area contributed by atoms with Crippen LogP contribution in [0.2, 0.25) is 0 Å². The predicted octanol–water partition coefficient (Wildman–Crippen LogP) is 0.789. The van der Waals surface area contributed by atoms with Crippen molar-refractivity contribution in [2.75, 3.05) is 0 Å². The number of H-pyrrole nitrogens is 1. The van der Waals surface area contributed by atoms with Crippen LogP contribution in [0.4, 0.5) is 0 Å². The number of hydrogen-bond acceptors (Lipinski definition) is 3. The topological polar surface area (TPSA) is 64.1 Å². The van der Waals surface area contributed by atoms with Crippen LogP contribution in [0.1, 0.15) is 32.1 Å². The lowest BCUT2D eigenvalue weighted by molar-refractivity contribution is 0.00296. The van der Waals surface area contributed by atoms with E-state index in [1.54, 1.807) is 13.1 Å². The maximum Gasteiger partial charge on any atom is 0.330 e. The van der Waals surface area contributed by atoms with Crippen LogP contribution in [0.3, 0.4) is 0 Å². The van der Waals surface area contributed by atoms with Gasteiger partial charge in [-0.05, 0) is 26.2 Å². The van der Waals surface area contributed by atoms with Crippen molar-refractivity contribution in [1.82, 2.24) is 9.55 Å². The minimum atomic E-state index is -0.401. The minimum absolute atomic E-state index is 0.143. The first kappa shape index (κ1) is 11.1. The summed E-state index contributed by atoms with van der Waals surface area (Å²) in [4.78, 5) is 25.1. The molecule has 2 rings (SSSR count). The average Bonchev–Trinajstić information content (AvgIpc) is 2.53. The summed E-state index contributed by atoms with van der Waals surface area (Å²) in [6.07, 6.45) is 2.25. The molecule has 1 aromatic heterocycles. The fourth-order valence-electron chi connectivity index (χ4n) is 1.93. The lowest BCUT2D eigenvalue weighted by Gasteiger charge is -2.14. The largest absolute Gasteiger partial charge is 0.355 e. The lowest BCUT2D eigenvalue weighted by Crippen LogP contribution is -2.33. The van der Waals surface area contributed by atoms with Crippen LogP contribution in [0.15, 0.2) is 15.8 Å². The molecule has 2 heterocycles. The van der Waals surface area contributed by atoms with E-state index in [1.165, 1.54) is 4.57 Å². The van der Waals surface area contributed by atoms with Crippen LogP contribution in [0.5, 0.6) is 0 Å². The van der Waals surface area contributed by atoms with Gasteiger partial charge in [-0.25, -0.2) is 4.79 Å². The van der Waals surface area contributed by atoms with Crippen molar-refractivity contribution in [2.45, 2.75) is 39.5 Å². The quantitative estimate of drug-likeness (QED) is 0.767. The molecule has 5 nitrogen and oxygen atoms in total. The van der Waals surface area contributed by atoms with Gasteiger partial charge in [-0.2, -0.15) is 0 Å². The molecule has 1 aliphatic heterocycles. The Bertz CT molecular complexity index is 493. The third-order valence-corrected chi connectivity index (χ3v) is 3.20. The highest BCUT2D eigenvalue weighted by Gasteiger charge is 2.30. The van der Waals surface area contributed by atoms with Crippen LogP contribution < -0.4 is 11.2 Å². The maximum absolute atomic E-state index is 11.6. The van der Waals surface area contributed by atoms with Gasteiger partial charge in [0, 0.05) is 11.8 Å². The normalized spacial score (nSPS) is 29.6. The zero-order valence-corrected chi connectivity index (χ0v) is 9.69. The van der Waals surface area contributed by atoms with E-state index in [1.807, 2.05) is 6.92 Å². The summed E-state index contributed by atoms with van der Waals surface area (Å²) in [6, 6.07) is 0. The molecule has 1 N–H and O–H groups in total. The number of aromatic nitrogens is 2. The van der Waals surface area contributed by atoms with Crippen molar-refractivity contribution >= 4 is 0 Å². The van der Waals surface area contributed by atoms with Gasteiger partial charge >= 0.3 is 5.69 Å². The molecule has 0 aromatic carbocycles. The van der Waals surface area contributed by atoms with E-state index in [-0.39, 0.29) is 17.9 Å². The van der Waals surface area contributed by atoms with Crippen molar-refractivity contribution in [3.8, 4) is 0 Å². The second-order valence-corrected chi connectivity index (χ2v) is 4.49. The Morgan fingerprint density at radius 3 is 2.69 bits per heavy atom. The number of aryl methyl sites for hydroxylation is 1. The van der Waals surface area contributed by atoms with Gasteiger partial charge in [-0.15, -0.1) is 0 Å². The Hall–Kier alpha value is -1.36. The molecule has 0 bridgehead atoms. The third kappa shape index (κ3) is 1.82. The molecule has 1 aliphatic rings. The molecule has 5 heteroatoms. The molecular formula is C11H16N2O3. The van der Waals surface area contributed by atoms with E-state index >= 15 is 0 Å². The monoisotopic (exact) mass is 224 g/mol. The Labute approximate surface area is 93.1 Å². The van der Waals surface area contributed by atoms with Crippen molar-refractivity contribution in [1.29, 1.82) is 0 Å². The Morgan fingerprint density at radius 1 is 1.44 bits per heavy atom. The van der Waals surface area contributed by atoms with Crippen LogP contribution >= 0.6 is 0 Å². The van der Waals surface area contributed by atoms with E-state index in [9.17, 15) is 9.59 Å². The van der Waals surface area contributed by atoms with Crippen LogP contribution in [0, 0.1) is 12.8 Å².